The number of hydrogen-bond acceptors (Lipinski definition) is 5. The molecule has 3 aromatic rings. The van der Waals surface area contributed by atoms with E-state index in [0.29, 0.717) is 17.9 Å². The van der Waals surface area contributed by atoms with E-state index in [1.54, 1.807) is 0 Å². The van der Waals surface area contributed by atoms with Crippen LogP contribution in [0.4, 0.5) is 0 Å². The molecule has 1 amide bonds. The van der Waals surface area contributed by atoms with Crippen molar-refractivity contribution in [1.82, 2.24) is 20.1 Å². The molecule has 3 saturated heterocycles. The third-order valence-corrected chi connectivity index (χ3v) is 8.22. The first-order chi connectivity index (χ1) is 14.8. The Labute approximate surface area is 174 Å². The molecule has 4 heterocycles. The Morgan fingerprint density at radius 1 is 1.03 bits per heavy atom. The van der Waals surface area contributed by atoms with Crippen LogP contribution in [0.25, 0.3) is 11.0 Å². The van der Waals surface area contributed by atoms with E-state index in [9.17, 15) is 4.79 Å². The van der Waals surface area contributed by atoms with E-state index in [-0.39, 0.29) is 11.6 Å². The second-order valence-corrected chi connectivity index (χ2v) is 9.44. The maximum Gasteiger partial charge on any atom is 0.243 e. The summed E-state index contributed by atoms with van der Waals surface area (Å²) in [5, 5.41) is 8.21. The predicted molar refractivity (Wildman–Crippen MR) is 111 cm³/mol. The smallest absolute Gasteiger partial charge is 0.243 e. The molecule has 0 bridgehead atoms. The summed E-state index contributed by atoms with van der Waals surface area (Å²) in [5.41, 5.74) is 5.32. The zero-order valence-electron chi connectivity index (χ0n) is 16.8. The number of aromatic nitrogens is 2. The minimum Gasteiger partial charge on any atom is -0.337 e. The number of carbonyl (C=O) groups is 1. The first-order valence-electron chi connectivity index (χ1n) is 11.1. The largest absolute Gasteiger partial charge is 0.337 e. The van der Waals surface area contributed by atoms with Crippen LogP contribution in [-0.4, -0.2) is 50.7 Å². The minimum atomic E-state index is -0.321. The number of likely N-dealkylation sites (tertiary alicyclic amines) is 1. The molecule has 7 rings (SSSR count). The topological polar surface area (TPSA) is 62.5 Å². The molecule has 4 aliphatic rings. The zero-order chi connectivity index (χ0) is 19.9. The predicted octanol–water partition coefficient (Wildman–Crippen LogP) is 3.13. The number of benzene rings is 2. The van der Waals surface area contributed by atoms with E-state index in [2.05, 4.69) is 50.4 Å². The van der Waals surface area contributed by atoms with Gasteiger partial charge in [-0.25, -0.2) is 4.63 Å². The van der Waals surface area contributed by atoms with Gasteiger partial charge in [0.15, 0.2) is 0 Å². The summed E-state index contributed by atoms with van der Waals surface area (Å²) in [4.78, 5) is 18.7. The maximum absolute atomic E-state index is 14.0. The Bertz CT molecular complexity index is 1150. The van der Waals surface area contributed by atoms with Crippen molar-refractivity contribution in [3.63, 3.8) is 0 Å². The number of hydrogen-bond donors (Lipinski definition) is 0. The molecule has 6 nitrogen and oxygen atoms in total. The van der Waals surface area contributed by atoms with Gasteiger partial charge < -0.3 is 4.90 Å². The first kappa shape index (κ1) is 17.0. The fourth-order valence-electron chi connectivity index (χ4n) is 6.99. The molecular formula is C24H24N4O2. The molecule has 0 radical (unpaired) electrons. The first-order valence-corrected chi connectivity index (χ1v) is 11.1. The summed E-state index contributed by atoms with van der Waals surface area (Å²) in [7, 11) is 0. The van der Waals surface area contributed by atoms with E-state index < -0.39 is 0 Å². The molecule has 30 heavy (non-hydrogen) atoms. The summed E-state index contributed by atoms with van der Waals surface area (Å²) in [6, 6.07) is 15.3. The lowest BCUT2D eigenvalue weighted by Crippen LogP contribution is -2.51. The number of carbonyl (C=O) groups excluding carboxylic acids is 1. The normalized spacial score (nSPS) is 30.9. The molecule has 1 aromatic heterocycles. The zero-order valence-corrected chi connectivity index (χ0v) is 16.8. The van der Waals surface area contributed by atoms with Gasteiger partial charge in [-0.3, -0.25) is 9.69 Å². The van der Waals surface area contributed by atoms with Crippen LogP contribution in [0.15, 0.2) is 47.1 Å². The average molecular weight is 400 g/mol. The minimum absolute atomic E-state index is 0.222. The standard InChI is InChI=1S/C24H24N4O2/c29-23-24-9-4-10-28(24)21(19-7-3-8-20-22(19)26-30-25-20)13-17(24)14-27(23)18-11-15-5-1-2-6-16(15)12-18/h1-3,5-8,17-18,21H,4,9-14H2/t17-,21-,24-/m0/s1. The number of fused-ring (bicyclic) bond motifs is 2. The lowest BCUT2D eigenvalue weighted by molar-refractivity contribution is -0.138. The van der Waals surface area contributed by atoms with Gasteiger partial charge in [-0.15, -0.1) is 0 Å². The van der Waals surface area contributed by atoms with Crippen LogP contribution in [0.5, 0.6) is 0 Å². The highest BCUT2D eigenvalue weighted by Gasteiger charge is 2.66. The summed E-state index contributed by atoms with van der Waals surface area (Å²) in [6.07, 6.45) is 5.07. The van der Waals surface area contributed by atoms with Gasteiger partial charge in [-0.1, -0.05) is 36.4 Å². The van der Waals surface area contributed by atoms with Crippen molar-refractivity contribution < 1.29 is 9.42 Å². The van der Waals surface area contributed by atoms with Crippen LogP contribution in [0, 0.1) is 5.92 Å². The SMILES string of the molecule is O=C1N(C2Cc3ccccc3C2)C[C@@H]2C[C@@H](c3cccc4nonc34)N3CCC[C@@]123. The molecule has 6 heteroatoms. The van der Waals surface area contributed by atoms with Gasteiger partial charge in [0.05, 0.1) is 0 Å². The highest BCUT2D eigenvalue weighted by Crippen LogP contribution is 2.57. The Balaban J connectivity index is 1.23. The molecule has 0 saturated carbocycles. The number of amides is 1. The Kier molecular flexibility index (Phi) is 3.35. The van der Waals surface area contributed by atoms with Crippen LogP contribution < -0.4 is 0 Å². The fraction of sp³-hybridized carbons (Fsp3) is 0.458. The monoisotopic (exact) mass is 400 g/mol. The number of rotatable bonds is 2. The Morgan fingerprint density at radius 3 is 2.70 bits per heavy atom. The second kappa shape index (κ2) is 5.91. The lowest BCUT2D eigenvalue weighted by atomic mass is 9.85. The van der Waals surface area contributed by atoms with Gasteiger partial charge in [0, 0.05) is 30.1 Å². The molecule has 152 valence electrons. The Morgan fingerprint density at radius 2 is 1.87 bits per heavy atom. The molecule has 3 atom stereocenters. The van der Waals surface area contributed by atoms with Crippen molar-refractivity contribution in [3.05, 3.63) is 59.2 Å². The van der Waals surface area contributed by atoms with E-state index in [1.165, 1.54) is 11.1 Å². The third-order valence-electron chi connectivity index (χ3n) is 8.22. The van der Waals surface area contributed by atoms with Gasteiger partial charge in [0.1, 0.15) is 16.6 Å². The molecule has 3 aliphatic heterocycles. The Hall–Kier alpha value is -2.73. The van der Waals surface area contributed by atoms with Gasteiger partial charge in [0.2, 0.25) is 5.91 Å². The molecule has 3 fully saturated rings. The molecule has 0 N–H and O–H groups in total. The summed E-state index contributed by atoms with van der Waals surface area (Å²) in [5.74, 6) is 0.757. The molecular weight excluding hydrogens is 376 g/mol. The van der Waals surface area contributed by atoms with Crippen molar-refractivity contribution in [2.75, 3.05) is 13.1 Å². The summed E-state index contributed by atoms with van der Waals surface area (Å²) >= 11 is 0. The summed E-state index contributed by atoms with van der Waals surface area (Å²) in [6.45, 7) is 1.87. The molecule has 1 spiro atoms. The molecule has 0 unspecified atom stereocenters. The van der Waals surface area contributed by atoms with Gasteiger partial charge >= 0.3 is 0 Å². The van der Waals surface area contributed by atoms with Crippen LogP contribution in [0.1, 0.15) is 42.0 Å². The van der Waals surface area contributed by atoms with Crippen LogP contribution in [0.2, 0.25) is 0 Å². The summed E-state index contributed by atoms with van der Waals surface area (Å²) < 4.78 is 5.01. The third kappa shape index (κ3) is 2.05. The fourth-order valence-corrected chi connectivity index (χ4v) is 6.99. The number of nitrogens with zero attached hydrogens (tertiary/aromatic N) is 4. The van der Waals surface area contributed by atoms with Crippen LogP contribution in [-0.2, 0) is 17.6 Å². The van der Waals surface area contributed by atoms with E-state index in [4.69, 9.17) is 4.63 Å². The van der Waals surface area contributed by atoms with E-state index in [0.717, 1.165) is 61.8 Å². The van der Waals surface area contributed by atoms with Crippen molar-refractivity contribution in [1.29, 1.82) is 0 Å². The highest BCUT2D eigenvalue weighted by molar-refractivity contribution is 5.91. The molecule has 2 aromatic carbocycles. The highest BCUT2D eigenvalue weighted by atomic mass is 16.6. The van der Waals surface area contributed by atoms with E-state index in [1.807, 2.05) is 12.1 Å². The van der Waals surface area contributed by atoms with Gasteiger partial charge in [-0.2, -0.15) is 0 Å². The van der Waals surface area contributed by atoms with Crippen molar-refractivity contribution in [2.45, 2.75) is 49.7 Å². The lowest BCUT2D eigenvalue weighted by Gasteiger charge is -2.35. The van der Waals surface area contributed by atoms with Crippen molar-refractivity contribution >= 4 is 16.9 Å². The second-order valence-electron chi connectivity index (χ2n) is 9.44. The van der Waals surface area contributed by atoms with Crippen LogP contribution in [0.3, 0.4) is 0 Å². The van der Waals surface area contributed by atoms with Crippen molar-refractivity contribution in [2.24, 2.45) is 5.92 Å². The van der Waals surface area contributed by atoms with Crippen LogP contribution >= 0.6 is 0 Å². The quantitative estimate of drug-likeness (QED) is 0.661. The van der Waals surface area contributed by atoms with E-state index >= 15 is 0 Å². The van der Waals surface area contributed by atoms with Crippen molar-refractivity contribution in [3.8, 4) is 0 Å². The van der Waals surface area contributed by atoms with Gasteiger partial charge in [-0.05, 0) is 66.2 Å². The molecule has 1 aliphatic carbocycles. The maximum atomic E-state index is 14.0. The average Bonchev–Trinajstić information content (AvgIpc) is 3.55. The van der Waals surface area contributed by atoms with Gasteiger partial charge in [0.25, 0.3) is 0 Å².